The summed E-state index contributed by atoms with van der Waals surface area (Å²) in [4.78, 5) is 21.3. The van der Waals surface area contributed by atoms with Gasteiger partial charge in [-0.2, -0.15) is 4.31 Å². The van der Waals surface area contributed by atoms with Crippen molar-refractivity contribution < 1.29 is 17.9 Å². The second-order valence-corrected chi connectivity index (χ2v) is 12.6. The Labute approximate surface area is 227 Å². The average Bonchev–Trinajstić information content (AvgIpc) is 3.26. The number of pyridine rings is 1. The van der Waals surface area contributed by atoms with Crippen molar-refractivity contribution in [3.63, 3.8) is 0 Å². The third-order valence-electron chi connectivity index (χ3n) is 6.88. The lowest BCUT2D eigenvalue weighted by Gasteiger charge is -2.39. The number of carbonyl (C=O) groups excluding carboxylic acids is 1. The monoisotopic (exact) mass is 574 g/mol. The number of hydrogen-bond donors (Lipinski definition) is 0. The number of nitrogens with zero attached hydrogens (tertiary/aromatic N) is 4. The molecule has 2 amide bonds. The Morgan fingerprint density at radius 2 is 1.81 bits per heavy atom. The fourth-order valence-electron chi connectivity index (χ4n) is 5.07. The summed E-state index contributed by atoms with van der Waals surface area (Å²) in [5, 5.41) is 1.44. The van der Waals surface area contributed by atoms with Gasteiger partial charge in [-0.1, -0.05) is 40.9 Å². The van der Waals surface area contributed by atoms with Gasteiger partial charge in [0.25, 0.3) is 0 Å². The maximum absolute atomic E-state index is 13.5. The van der Waals surface area contributed by atoms with Crippen molar-refractivity contribution in [1.29, 1.82) is 0 Å². The number of ether oxygens (including phenoxy) is 1. The standard InChI is InChI=1S/C24H29Cl3N4O4S/c1-15-12-29(8-9-31(15)36(3,33)34)24(32)30-13-19(16(2)35-23-7-5-18(25)11-28-23)20(14-30)17-4-6-21(26)22(27)10-17/h4-7,10-11,15-16,19-20H,8-9,12-14H2,1-3H3/t15-,16+,19+,20-/m1/s1. The van der Waals surface area contributed by atoms with Crippen molar-refractivity contribution in [3.05, 3.63) is 57.2 Å². The zero-order chi connectivity index (χ0) is 26.2. The average molecular weight is 576 g/mol. The number of urea groups is 1. The minimum Gasteiger partial charge on any atom is -0.474 e. The van der Waals surface area contributed by atoms with Gasteiger partial charge in [0.05, 0.1) is 21.3 Å². The van der Waals surface area contributed by atoms with Crippen molar-refractivity contribution >= 4 is 50.9 Å². The Bertz CT molecular complexity index is 1210. The number of benzene rings is 1. The second kappa shape index (κ2) is 10.9. The summed E-state index contributed by atoms with van der Waals surface area (Å²) in [5.41, 5.74) is 0.972. The predicted octanol–water partition coefficient (Wildman–Crippen LogP) is 4.61. The number of amides is 2. The van der Waals surface area contributed by atoms with Crippen LogP contribution in [0.5, 0.6) is 5.88 Å². The lowest BCUT2D eigenvalue weighted by Crippen LogP contribution is -2.57. The molecular weight excluding hydrogens is 547 g/mol. The van der Waals surface area contributed by atoms with Gasteiger partial charge in [-0.05, 0) is 37.6 Å². The summed E-state index contributed by atoms with van der Waals surface area (Å²) in [7, 11) is -3.32. The summed E-state index contributed by atoms with van der Waals surface area (Å²) in [6.07, 6.45) is 2.46. The van der Waals surface area contributed by atoms with Crippen LogP contribution in [0.25, 0.3) is 0 Å². The Balaban J connectivity index is 1.54. The van der Waals surface area contributed by atoms with Crippen LogP contribution in [0.3, 0.4) is 0 Å². The Morgan fingerprint density at radius 1 is 1.06 bits per heavy atom. The third-order valence-corrected chi connectivity index (χ3v) is 9.24. The molecule has 2 fully saturated rings. The lowest BCUT2D eigenvalue weighted by molar-refractivity contribution is 0.115. The van der Waals surface area contributed by atoms with Crippen molar-refractivity contribution in [2.45, 2.75) is 31.9 Å². The van der Waals surface area contributed by atoms with Gasteiger partial charge in [0.15, 0.2) is 0 Å². The van der Waals surface area contributed by atoms with Crippen LogP contribution in [0.2, 0.25) is 15.1 Å². The van der Waals surface area contributed by atoms with Crippen LogP contribution >= 0.6 is 34.8 Å². The van der Waals surface area contributed by atoms with E-state index in [1.54, 1.807) is 23.1 Å². The Kier molecular flexibility index (Phi) is 8.26. The maximum atomic E-state index is 13.5. The molecule has 1 aromatic heterocycles. The molecule has 2 aliphatic heterocycles. The molecule has 196 valence electrons. The van der Waals surface area contributed by atoms with Crippen LogP contribution in [0.15, 0.2) is 36.5 Å². The highest BCUT2D eigenvalue weighted by molar-refractivity contribution is 7.88. The molecule has 0 unspecified atom stereocenters. The number of hydrogen-bond acceptors (Lipinski definition) is 5. The quantitative estimate of drug-likeness (QED) is 0.520. The van der Waals surface area contributed by atoms with E-state index >= 15 is 0 Å². The van der Waals surface area contributed by atoms with Gasteiger partial charge >= 0.3 is 6.03 Å². The molecule has 0 bridgehead atoms. The van der Waals surface area contributed by atoms with Crippen LogP contribution in [0.1, 0.15) is 25.3 Å². The number of carbonyl (C=O) groups is 1. The van der Waals surface area contributed by atoms with Crippen LogP contribution in [0.4, 0.5) is 4.79 Å². The molecule has 3 heterocycles. The highest BCUT2D eigenvalue weighted by Crippen LogP contribution is 2.38. The SMILES string of the molecule is C[C@H](Oc1ccc(Cl)cn1)[C@@H]1CN(C(=O)N2CCN(S(C)(=O)=O)[C@H](C)C2)C[C@@H]1c1ccc(Cl)c(Cl)c1. The molecule has 2 saturated heterocycles. The molecular formula is C24H29Cl3N4O4S. The van der Waals surface area contributed by atoms with Gasteiger partial charge in [-0.15, -0.1) is 0 Å². The molecule has 0 N–H and O–H groups in total. The molecule has 0 spiro atoms. The fraction of sp³-hybridized carbons (Fsp3) is 0.500. The number of sulfonamides is 1. The first-order valence-corrected chi connectivity index (χ1v) is 14.7. The molecule has 0 aliphatic carbocycles. The van der Waals surface area contributed by atoms with Crippen LogP contribution in [0, 0.1) is 5.92 Å². The minimum absolute atomic E-state index is 0.0410. The van der Waals surface area contributed by atoms with E-state index in [0.29, 0.717) is 47.1 Å². The third kappa shape index (κ3) is 6.02. The normalized spacial score (nSPS) is 24.1. The van der Waals surface area contributed by atoms with E-state index in [1.807, 2.05) is 30.9 Å². The molecule has 1 aromatic carbocycles. The van der Waals surface area contributed by atoms with Gasteiger partial charge in [-0.3, -0.25) is 0 Å². The van der Waals surface area contributed by atoms with Crippen LogP contribution in [-0.2, 0) is 10.0 Å². The molecule has 2 aromatic rings. The van der Waals surface area contributed by atoms with E-state index < -0.39 is 10.0 Å². The van der Waals surface area contributed by atoms with E-state index in [2.05, 4.69) is 4.98 Å². The van der Waals surface area contributed by atoms with E-state index in [9.17, 15) is 13.2 Å². The maximum Gasteiger partial charge on any atom is 0.320 e. The minimum atomic E-state index is -3.32. The lowest BCUT2D eigenvalue weighted by atomic mass is 9.86. The topological polar surface area (TPSA) is 83.1 Å². The van der Waals surface area contributed by atoms with Crippen molar-refractivity contribution in [1.82, 2.24) is 19.1 Å². The smallest absolute Gasteiger partial charge is 0.320 e. The Hall–Kier alpha value is -1.78. The molecule has 36 heavy (non-hydrogen) atoms. The van der Waals surface area contributed by atoms with Gasteiger partial charge in [0.1, 0.15) is 6.10 Å². The summed E-state index contributed by atoms with van der Waals surface area (Å²) in [5.74, 6) is 0.370. The molecule has 12 heteroatoms. The molecule has 4 rings (SSSR count). The number of halogens is 3. The largest absolute Gasteiger partial charge is 0.474 e. The first-order valence-electron chi connectivity index (χ1n) is 11.7. The highest BCUT2D eigenvalue weighted by Gasteiger charge is 2.42. The van der Waals surface area contributed by atoms with Gasteiger partial charge in [0.2, 0.25) is 15.9 Å². The zero-order valence-electron chi connectivity index (χ0n) is 20.3. The number of aromatic nitrogens is 1. The summed E-state index contributed by atoms with van der Waals surface area (Å²) < 4.78 is 31.7. The summed E-state index contributed by atoms with van der Waals surface area (Å²) in [6, 6.07) is 8.57. The first kappa shape index (κ1) is 27.3. The summed E-state index contributed by atoms with van der Waals surface area (Å²) in [6.45, 7) is 5.69. The van der Waals surface area contributed by atoms with Crippen molar-refractivity contribution in [3.8, 4) is 5.88 Å². The molecule has 8 nitrogen and oxygen atoms in total. The predicted molar refractivity (Wildman–Crippen MR) is 142 cm³/mol. The van der Waals surface area contributed by atoms with Crippen molar-refractivity contribution in [2.24, 2.45) is 5.92 Å². The van der Waals surface area contributed by atoms with Gasteiger partial charge in [-0.25, -0.2) is 18.2 Å². The molecule has 0 saturated carbocycles. The van der Waals surface area contributed by atoms with Gasteiger partial charge in [0, 0.05) is 62.9 Å². The van der Waals surface area contributed by atoms with E-state index in [4.69, 9.17) is 39.5 Å². The Morgan fingerprint density at radius 3 is 2.42 bits per heavy atom. The van der Waals surface area contributed by atoms with Gasteiger partial charge < -0.3 is 14.5 Å². The number of likely N-dealkylation sites (tertiary alicyclic amines) is 1. The highest BCUT2D eigenvalue weighted by atomic mass is 35.5. The fourth-order valence-corrected chi connectivity index (χ4v) is 6.63. The molecule has 0 radical (unpaired) electrons. The van der Waals surface area contributed by atoms with E-state index in [-0.39, 0.29) is 36.6 Å². The molecule has 2 aliphatic rings. The molecule has 4 atom stereocenters. The van der Waals surface area contributed by atoms with Crippen LogP contribution in [-0.4, -0.2) is 84.7 Å². The van der Waals surface area contributed by atoms with Crippen LogP contribution < -0.4 is 4.74 Å². The number of piperazine rings is 1. The van der Waals surface area contributed by atoms with E-state index in [1.165, 1.54) is 16.8 Å². The zero-order valence-corrected chi connectivity index (χ0v) is 23.4. The van der Waals surface area contributed by atoms with Crippen molar-refractivity contribution in [2.75, 3.05) is 39.0 Å². The van der Waals surface area contributed by atoms with E-state index in [0.717, 1.165) is 5.56 Å². The number of rotatable bonds is 5. The second-order valence-electron chi connectivity index (χ2n) is 9.44. The summed E-state index contributed by atoms with van der Waals surface area (Å²) >= 11 is 18.4. The first-order chi connectivity index (χ1) is 16.9.